The fraction of sp³-hybridized carbons (Fsp3) is 0.400. The molecule has 0 atom stereocenters. The Balaban J connectivity index is 2.28. The number of thiol groups is 1. The molecule has 0 N–H and O–H groups in total. The zero-order valence-corrected chi connectivity index (χ0v) is 8.81. The molecular formula is C10H11ClOS. The van der Waals surface area contributed by atoms with Crippen LogP contribution < -0.4 is 0 Å². The van der Waals surface area contributed by atoms with E-state index in [1.54, 1.807) is 0 Å². The van der Waals surface area contributed by atoms with E-state index in [4.69, 9.17) is 16.3 Å². The molecule has 1 aliphatic heterocycles. The third kappa shape index (κ3) is 1.58. The van der Waals surface area contributed by atoms with Crippen LogP contribution in [0.2, 0.25) is 5.02 Å². The largest absolute Gasteiger partial charge is 0.379 e. The lowest BCUT2D eigenvalue weighted by Crippen LogP contribution is -2.48. The van der Waals surface area contributed by atoms with E-state index in [2.05, 4.69) is 24.8 Å². The van der Waals surface area contributed by atoms with Gasteiger partial charge in [-0.25, -0.2) is 0 Å². The maximum absolute atomic E-state index is 5.82. The molecule has 1 aromatic carbocycles. The molecule has 3 heteroatoms. The Bertz CT molecular complexity index is 287. The van der Waals surface area contributed by atoms with Crippen LogP contribution in [0.25, 0.3) is 0 Å². The van der Waals surface area contributed by atoms with Crippen molar-refractivity contribution < 1.29 is 4.74 Å². The minimum absolute atomic E-state index is 0.133. The predicted molar refractivity (Wildman–Crippen MR) is 57.8 cm³/mol. The highest BCUT2D eigenvalue weighted by molar-refractivity contribution is 7.80. The number of ether oxygens (including phenoxy) is 1. The highest BCUT2D eigenvalue weighted by Crippen LogP contribution is 2.33. The van der Waals surface area contributed by atoms with E-state index in [1.807, 2.05) is 12.1 Å². The lowest BCUT2D eigenvalue weighted by molar-refractivity contribution is -0.0470. The van der Waals surface area contributed by atoms with Crippen molar-refractivity contribution in [3.8, 4) is 0 Å². The zero-order chi connectivity index (χ0) is 9.31. The van der Waals surface area contributed by atoms with Gasteiger partial charge in [0.15, 0.2) is 0 Å². The van der Waals surface area contributed by atoms with E-state index in [1.165, 1.54) is 5.56 Å². The minimum atomic E-state index is 0.133. The van der Waals surface area contributed by atoms with Crippen molar-refractivity contribution in [3.05, 3.63) is 34.9 Å². The minimum Gasteiger partial charge on any atom is -0.379 e. The Morgan fingerprint density at radius 3 is 2.31 bits per heavy atom. The SMILES string of the molecule is SCC1(c2ccc(Cl)cc2)COC1. The van der Waals surface area contributed by atoms with Gasteiger partial charge in [-0.2, -0.15) is 12.6 Å². The van der Waals surface area contributed by atoms with Crippen LogP contribution in [0.15, 0.2) is 24.3 Å². The smallest absolute Gasteiger partial charge is 0.0593 e. The summed E-state index contributed by atoms with van der Waals surface area (Å²) in [7, 11) is 0. The van der Waals surface area contributed by atoms with Crippen LogP contribution in [0.5, 0.6) is 0 Å². The molecule has 1 aromatic rings. The molecular weight excluding hydrogens is 204 g/mol. The maximum Gasteiger partial charge on any atom is 0.0593 e. The standard InChI is InChI=1S/C10H11ClOS/c11-9-3-1-8(2-4-9)10(7-13)5-12-6-10/h1-4,13H,5-7H2. The molecule has 0 radical (unpaired) electrons. The maximum atomic E-state index is 5.82. The van der Waals surface area contributed by atoms with E-state index >= 15 is 0 Å². The van der Waals surface area contributed by atoms with Crippen molar-refractivity contribution in [2.45, 2.75) is 5.41 Å². The van der Waals surface area contributed by atoms with Gasteiger partial charge in [-0.1, -0.05) is 23.7 Å². The first kappa shape index (κ1) is 9.38. The lowest BCUT2D eigenvalue weighted by atomic mass is 9.80. The van der Waals surface area contributed by atoms with Gasteiger partial charge >= 0.3 is 0 Å². The number of halogens is 1. The molecule has 1 heterocycles. The van der Waals surface area contributed by atoms with Gasteiger partial charge in [0.1, 0.15) is 0 Å². The molecule has 1 fully saturated rings. The first-order valence-corrected chi connectivity index (χ1v) is 5.23. The fourth-order valence-corrected chi connectivity index (χ4v) is 1.99. The van der Waals surface area contributed by atoms with Crippen LogP contribution in [-0.2, 0) is 10.2 Å². The molecule has 1 nitrogen and oxygen atoms in total. The number of benzene rings is 1. The number of hydrogen-bond donors (Lipinski definition) is 1. The van der Waals surface area contributed by atoms with Gasteiger partial charge in [0.25, 0.3) is 0 Å². The van der Waals surface area contributed by atoms with Crippen LogP contribution in [0, 0.1) is 0 Å². The van der Waals surface area contributed by atoms with Crippen LogP contribution >= 0.6 is 24.2 Å². The average Bonchev–Trinajstić information content (AvgIpc) is 2.07. The highest BCUT2D eigenvalue weighted by Gasteiger charge is 2.38. The third-order valence-corrected chi connectivity index (χ3v) is 3.37. The van der Waals surface area contributed by atoms with E-state index in [-0.39, 0.29) is 5.41 Å². The van der Waals surface area contributed by atoms with Crippen molar-refractivity contribution in [1.29, 1.82) is 0 Å². The quantitative estimate of drug-likeness (QED) is 0.745. The molecule has 0 amide bonds. The summed E-state index contributed by atoms with van der Waals surface area (Å²) in [6.07, 6.45) is 0. The summed E-state index contributed by atoms with van der Waals surface area (Å²) in [5, 5.41) is 0.776. The van der Waals surface area contributed by atoms with Crippen LogP contribution in [0.3, 0.4) is 0 Å². The van der Waals surface area contributed by atoms with Gasteiger partial charge in [-0.3, -0.25) is 0 Å². The van der Waals surface area contributed by atoms with Crippen LogP contribution in [-0.4, -0.2) is 19.0 Å². The van der Waals surface area contributed by atoms with E-state index in [0.29, 0.717) is 0 Å². The van der Waals surface area contributed by atoms with Gasteiger partial charge in [0, 0.05) is 10.8 Å². The zero-order valence-electron chi connectivity index (χ0n) is 7.16. The van der Waals surface area contributed by atoms with Crippen molar-refractivity contribution >= 4 is 24.2 Å². The second-order valence-corrected chi connectivity index (χ2v) is 4.19. The molecule has 2 rings (SSSR count). The Labute approximate surface area is 88.5 Å². The first-order chi connectivity index (χ1) is 6.27. The summed E-state index contributed by atoms with van der Waals surface area (Å²) < 4.78 is 5.23. The summed E-state index contributed by atoms with van der Waals surface area (Å²) in [5.74, 6) is 0.828. The van der Waals surface area contributed by atoms with Crippen LogP contribution in [0.1, 0.15) is 5.56 Å². The van der Waals surface area contributed by atoms with Gasteiger partial charge < -0.3 is 4.74 Å². The van der Waals surface area contributed by atoms with Gasteiger partial charge in [-0.05, 0) is 17.7 Å². The average molecular weight is 215 g/mol. The normalized spacial score (nSPS) is 19.5. The van der Waals surface area contributed by atoms with Crippen LogP contribution in [0.4, 0.5) is 0 Å². The van der Waals surface area contributed by atoms with E-state index in [9.17, 15) is 0 Å². The monoisotopic (exact) mass is 214 g/mol. The molecule has 1 aliphatic rings. The lowest BCUT2D eigenvalue weighted by Gasteiger charge is -2.40. The van der Waals surface area contributed by atoms with Gasteiger partial charge in [0.05, 0.1) is 18.6 Å². The third-order valence-electron chi connectivity index (χ3n) is 2.52. The Hall–Kier alpha value is -0.180. The van der Waals surface area contributed by atoms with Crippen molar-refractivity contribution in [3.63, 3.8) is 0 Å². The first-order valence-electron chi connectivity index (χ1n) is 4.21. The Morgan fingerprint density at radius 2 is 1.92 bits per heavy atom. The highest BCUT2D eigenvalue weighted by atomic mass is 35.5. The molecule has 0 aromatic heterocycles. The fourth-order valence-electron chi connectivity index (χ4n) is 1.50. The molecule has 0 aliphatic carbocycles. The molecule has 0 spiro atoms. The predicted octanol–water partition coefficient (Wildman–Crippen LogP) is 2.54. The van der Waals surface area contributed by atoms with Crippen molar-refractivity contribution in [1.82, 2.24) is 0 Å². The Morgan fingerprint density at radius 1 is 1.31 bits per heavy atom. The van der Waals surface area contributed by atoms with E-state index < -0.39 is 0 Å². The van der Waals surface area contributed by atoms with Crippen molar-refractivity contribution in [2.24, 2.45) is 0 Å². The summed E-state index contributed by atoms with van der Waals surface area (Å²) in [5.41, 5.74) is 1.41. The second kappa shape index (κ2) is 3.52. The van der Waals surface area contributed by atoms with Gasteiger partial charge in [0.2, 0.25) is 0 Å². The number of rotatable bonds is 2. The molecule has 0 unspecified atom stereocenters. The second-order valence-electron chi connectivity index (χ2n) is 3.44. The van der Waals surface area contributed by atoms with Gasteiger partial charge in [-0.15, -0.1) is 0 Å². The molecule has 0 bridgehead atoms. The summed E-state index contributed by atoms with van der Waals surface area (Å²) in [6.45, 7) is 1.55. The molecule has 70 valence electrons. The summed E-state index contributed by atoms with van der Waals surface area (Å²) in [6, 6.07) is 7.95. The Kier molecular flexibility index (Phi) is 2.54. The van der Waals surface area contributed by atoms with Crippen molar-refractivity contribution in [2.75, 3.05) is 19.0 Å². The topological polar surface area (TPSA) is 9.23 Å². The molecule has 0 saturated carbocycles. The summed E-state index contributed by atoms with van der Waals surface area (Å²) >= 11 is 10.2. The molecule has 13 heavy (non-hydrogen) atoms. The molecule has 1 saturated heterocycles. The summed E-state index contributed by atoms with van der Waals surface area (Å²) in [4.78, 5) is 0. The van der Waals surface area contributed by atoms with E-state index in [0.717, 1.165) is 24.0 Å². The number of hydrogen-bond acceptors (Lipinski definition) is 2.